The molecule has 2 atom stereocenters. The molecule has 0 saturated carbocycles. The van der Waals surface area contributed by atoms with Crippen molar-refractivity contribution in [3.05, 3.63) is 29.8 Å². The highest BCUT2D eigenvalue weighted by Gasteiger charge is 2.17. The number of halogens is 1. The molecule has 2 unspecified atom stereocenters. The minimum absolute atomic E-state index is 0.361. The van der Waals surface area contributed by atoms with E-state index in [9.17, 15) is 10.2 Å². The molecular formula is C11H16BrNO2. The zero-order valence-electron chi connectivity index (χ0n) is 8.89. The Balaban J connectivity index is 2.90. The lowest BCUT2D eigenvalue weighted by molar-refractivity contribution is 0.0343. The Morgan fingerprint density at radius 3 is 2.53 bits per heavy atom. The van der Waals surface area contributed by atoms with Gasteiger partial charge in [0.25, 0.3) is 0 Å². The van der Waals surface area contributed by atoms with Gasteiger partial charge in [0.15, 0.2) is 0 Å². The van der Waals surface area contributed by atoms with E-state index in [1.165, 1.54) is 0 Å². The first-order chi connectivity index (χ1) is 7.06. The molecule has 0 radical (unpaired) electrons. The Labute approximate surface area is 98.5 Å². The van der Waals surface area contributed by atoms with E-state index >= 15 is 0 Å². The monoisotopic (exact) mass is 273 g/mol. The minimum Gasteiger partial charge on any atom is -0.389 e. The first-order valence-corrected chi connectivity index (χ1v) is 5.87. The summed E-state index contributed by atoms with van der Waals surface area (Å²) in [6.07, 6.45) is -1.62. The maximum absolute atomic E-state index is 9.80. The van der Waals surface area contributed by atoms with Crippen molar-refractivity contribution in [1.29, 1.82) is 0 Å². The van der Waals surface area contributed by atoms with Gasteiger partial charge in [0.1, 0.15) is 6.10 Å². The van der Waals surface area contributed by atoms with Crippen LogP contribution in [0.2, 0.25) is 0 Å². The highest BCUT2D eigenvalue weighted by atomic mass is 79.9. The average molecular weight is 274 g/mol. The van der Waals surface area contributed by atoms with E-state index < -0.39 is 12.2 Å². The predicted octanol–water partition coefficient (Wildman–Crippen LogP) is 1.54. The quantitative estimate of drug-likeness (QED) is 0.819. The first-order valence-electron chi connectivity index (χ1n) is 4.75. The summed E-state index contributed by atoms with van der Waals surface area (Å²) in [6.45, 7) is 0. The van der Waals surface area contributed by atoms with Gasteiger partial charge in [-0.25, -0.2) is 0 Å². The van der Waals surface area contributed by atoms with Crippen LogP contribution >= 0.6 is 15.9 Å². The van der Waals surface area contributed by atoms with Gasteiger partial charge in [-0.1, -0.05) is 28.1 Å². The molecule has 1 aromatic rings. The molecule has 0 spiro atoms. The van der Waals surface area contributed by atoms with Crippen LogP contribution in [0, 0.1) is 0 Å². The summed E-state index contributed by atoms with van der Waals surface area (Å²) in [5, 5.41) is 19.7. The zero-order valence-corrected chi connectivity index (χ0v) is 10.5. The van der Waals surface area contributed by atoms with Crippen LogP contribution in [-0.4, -0.2) is 35.7 Å². The maximum Gasteiger partial charge on any atom is 0.106 e. The Kier molecular flexibility index (Phi) is 4.57. The van der Waals surface area contributed by atoms with Crippen LogP contribution in [0.3, 0.4) is 0 Å². The standard InChI is InChI=1S/C11H16BrNO2/c1-13(2)9-5-3-4-8(6-9)11(15)10(14)7-12/h3-6,10-11,14-15H,7H2,1-2H3. The van der Waals surface area contributed by atoms with Gasteiger partial charge in [0.05, 0.1) is 6.10 Å². The Bertz CT molecular complexity index is 317. The van der Waals surface area contributed by atoms with Crippen molar-refractivity contribution in [1.82, 2.24) is 0 Å². The Morgan fingerprint density at radius 2 is 2.00 bits per heavy atom. The van der Waals surface area contributed by atoms with Crippen molar-refractivity contribution in [2.75, 3.05) is 24.3 Å². The number of nitrogens with zero attached hydrogens (tertiary/aromatic N) is 1. The second-order valence-electron chi connectivity index (χ2n) is 3.66. The van der Waals surface area contributed by atoms with E-state index in [-0.39, 0.29) is 0 Å². The van der Waals surface area contributed by atoms with E-state index in [2.05, 4.69) is 15.9 Å². The van der Waals surface area contributed by atoms with Crippen LogP contribution in [0.1, 0.15) is 11.7 Å². The Hall–Kier alpha value is -0.580. The molecule has 3 nitrogen and oxygen atoms in total. The molecule has 0 saturated heterocycles. The van der Waals surface area contributed by atoms with Crippen LogP contribution in [0.15, 0.2) is 24.3 Å². The molecule has 0 amide bonds. The smallest absolute Gasteiger partial charge is 0.106 e. The third-order valence-electron chi connectivity index (χ3n) is 2.25. The van der Waals surface area contributed by atoms with Crippen molar-refractivity contribution in [3.63, 3.8) is 0 Å². The molecule has 2 N–H and O–H groups in total. The number of rotatable bonds is 4. The fourth-order valence-corrected chi connectivity index (χ4v) is 1.65. The summed E-state index contributed by atoms with van der Waals surface area (Å²) < 4.78 is 0. The molecule has 4 heteroatoms. The summed E-state index contributed by atoms with van der Waals surface area (Å²) >= 11 is 3.14. The summed E-state index contributed by atoms with van der Waals surface area (Å²) in [4.78, 5) is 1.96. The van der Waals surface area contributed by atoms with E-state index in [0.29, 0.717) is 5.33 Å². The van der Waals surface area contributed by atoms with Gasteiger partial charge >= 0.3 is 0 Å². The molecule has 0 aliphatic carbocycles. The summed E-state index contributed by atoms with van der Waals surface area (Å²) in [5.41, 5.74) is 1.74. The highest BCUT2D eigenvalue weighted by molar-refractivity contribution is 9.09. The molecule has 0 fully saturated rings. The summed E-state index contributed by atoms with van der Waals surface area (Å²) in [6, 6.07) is 7.51. The number of benzene rings is 1. The van der Waals surface area contributed by atoms with Crippen molar-refractivity contribution in [3.8, 4) is 0 Å². The van der Waals surface area contributed by atoms with Crippen molar-refractivity contribution in [2.24, 2.45) is 0 Å². The van der Waals surface area contributed by atoms with Gasteiger partial charge in [-0.2, -0.15) is 0 Å². The zero-order chi connectivity index (χ0) is 11.4. The molecule has 0 aromatic heterocycles. The molecular weight excluding hydrogens is 258 g/mol. The van der Waals surface area contributed by atoms with E-state index in [0.717, 1.165) is 11.3 Å². The van der Waals surface area contributed by atoms with Crippen LogP contribution in [-0.2, 0) is 0 Å². The second kappa shape index (κ2) is 5.49. The Morgan fingerprint density at radius 1 is 1.33 bits per heavy atom. The minimum atomic E-state index is -0.843. The fraction of sp³-hybridized carbons (Fsp3) is 0.455. The summed E-state index contributed by atoms with van der Waals surface area (Å²) in [7, 11) is 3.87. The van der Waals surface area contributed by atoms with Gasteiger partial charge in [0, 0.05) is 25.1 Å². The SMILES string of the molecule is CN(C)c1cccc(C(O)C(O)CBr)c1. The molecule has 84 valence electrons. The lowest BCUT2D eigenvalue weighted by Gasteiger charge is -2.19. The van der Waals surface area contributed by atoms with Gasteiger partial charge in [-0.3, -0.25) is 0 Å². The summed E-state index contributed by atoms with van der Waals surface area (Å²) in [5.74, 6) is 0. The number of aliphatic hydroxyl groups excluding tert-OH is 2. The molecule has 0 heterocycles. The number of hydrogen-bond donors (Lipinski definition) is 2. The third kappa shape index (κ3) is 3.19. The highest BCUT2D eigenvalue weighted by Crippen LogP contribution is 2.22. The number of aliphatic hydroxyl groups is 2. The molecule has 0 bridgehead atoms. The van der Waals surface area contributed by atoms with Gasteiger partial charge in [0.2, 0.25) is 0 Å². The molecule has 1 aromatic carbocycles. The van der Waals surface area contributed by atoms with Crippen LogP contribution < -0.4 is 4.90 Å². The van der Waals surface area contributed by atoms with Gasteiger partial charge < -0.3 is 15.1 Å². The third-order valence-corrected chi connectivity index (χ3v) is 2.91. The average Bonchev–Trinajstić information content (AvgIpc) is 2.27. The van der Waals surface area contributed by atoms with E-state index in [1.807, 2.05) is 43.3 Å². The first kappa shape index (κ1) is 12.5. The molecule has 0 aliphatic heterocycles. The van der Waals surface area contributed by atoms with Gasteiger partial charge in [-0.05, 0) is 17.7 Å². The number of anilines is 1. The van der Waals surface area contributed by atoms with E-state index in [4.69, 9.17) is 0 Å². The lowest BCUT2D eigenvalue weighted by atomic mass is 10.0. The maximum atomic E-state index is 9.80. The molecule has 0 aliphatic rings. The van der Waals surface area contributed by atoms with Crippen molar-refractivity contribution >= 4 is 21.6 Å². The normalized spacial score (nSPS) is 14.7. The van der Waals surface area contributed by atoms with Crippen molar-refractivity contribution in [2.45, 2.75) is 12.2 Å². The number of hydrogen-bond acceptors (Lipinski definition) is 3. The second-order valence-corrected chi connectivity index (χ2v) is 4.30. The van der Waals surface area contributed by atoms with Crippen LogP contribution in [0.4, 0.5) is 5.69 Å². The largest absolute Gasteiger partial charge is 0.389 e. The topological polar surface area (TPSA) is 43.7 Å². The lowest BCUT2D eigenvalue weighted by Crippen LogP contribution is -2.20. The van der Waals surface area contributed by atoms with Crippen molar-refractivity contribution < 1.29 is 10.2 Å². The fourth-order valence-electron chi connectivity index (χ4n) is 1.29. The van der Waals surface area contributed by atoms with E-state index in [1.54, 1.807) is 0 Å². The molecule has 15 heavy (non-hydrogen) atoms. The van der Waals surface area contributed by atoms with Gasteiger partial charge in [-0.15, -0.1) is 0 Å². The predicted molar refractivity (Wildman–Crippen MR) is 65.5 cm³/mol. The van der Waals surface area contributed by atoms with Crippen LogP contribution in [0.5, 0.6) is 0 Å². The molecule has 1 rings (SSSR count). The number of alkyl halides is 1. The van der Waals surface area contributed by atoms with Crippen LogP contribution in [0.25, 0.3) is 0 Å².